The molecule has 0 fully saturated rings. The first-order chi connectivity index (χ1) is 17.4. The van der Waals surface area contributed by atoms with Gasteiger partial charge in [-0.1, -0.05) is 68.0 Å². The van der Waals surface area contributed by atoms with Gasteiger partial charge in [0.25, 0.3) is 5.91 Å². The third kappa shape index (κ3) is 11.7. The van der Waals surface area contributed by atoms with E-state index in [1.54, 1.807) is 17.7 Å². The van der Waals surface area contributed by atoms with Gasteiger partial charge < -0.3 is 26.0 Å². The molecule has 208 valence electrons. The van der Waals surface area contributed by atoms with Gasteiger partial charge in [-0.15, -0.1) is 0 Å². The Kier molecular flexibility index (Phi) is 14.5. The summed E-state index contributed by atoms with van der Waals surface area (Å²) in [7, 11) is 3.03. The monoisotopic (exact) mass is 554 g/mol. The third-order valence-electron chi connectivity index (χ3n) is 5.46. The van der Waals surface area contributed by atoms with Crippen LogP contribution in [0.2, 0.25) is 0 Å². The number of amides is 4. The molecule has 4 amide bonds. The molecule has 1 rings (SSSR count). The second-order valence-electron chi connectivity index (χ2n) is 9.48. The standard InChI is InChI=1S/C26H42N4O5S2/c1-9-20-24(32)30-22(15(2)3)18(7)35-17(6)12-10-11-13-36-37-14-21(25(33)28-20)29-26(34)23(16(4)5)27-19(8)31/h9-10,12,15-17,21-23H,7,11,13-14H2,1-6,8H3,(H,27,31)(H,28,33)(H,29,34)(H,30,32)/b12-10+,20-9-/t17-,21+,22-,23+/m0/s1. The fourth-order valence-corrected chi connectivity index (χ4v) is 5.60. The average molecular weight is 555 g/mol. The van der Waals surface area contributed by atoms with E-state index < -0.39 is 35.8 Å². The summed E-state index contributed by atoms with van der Waals surface area (Å²) in [6, 6.07) is -2.19. The summed E-state index contributed by atoms with van der Waals surface area (Å²) in [6.07, 6.45) is 6.07. The molecule has 9 nitrogen and oxygen atoms in total. The van der Waals surface area contributed by atoms with E-state index in [1.807, 2.05) is 46.8 Å². The van der Waals surface area contributed by atoms with E-state index in [2.05, 4.69) is 27.8 Å². The Hall–Kier alpha value is -2.40. The second kappa shape index (κ2) is 16.4. The van der Waals surface area contributed by atoms with Crippen molar-refractivity contribution in [1.82, 2.24) is 21.3 Å². The average Bonchev–Trinajstić information content (AvgIpc) is 2.81. The lowest BCUT2D eigenvalue weighted by Crippen LogP contribution is -2.56. The molecule has 0 aromatic rings. The van der Waals surface area contributed by atoms with Crippen LogP contribution in [-0.4, -0.2) is 59.4 Å². The third-order valence-corrected chi connectivity index (χ3v) is 7.91. The van der Waals surface area contributed by atoms with Gasteiger partial charge in [0, 0.05) is 18.4 Å². The molecular formula is C26H42N4O5S2. The summed E-state index contributed by atoms with van der Waals surface area (Å²) in [4.78, 5) is 50.9. The number of nitrogens with one attached hydrogen (secondary N) is 4. The topological polar surface area (TPSA) is 126 Å². The van der Waals surface area contributed by atoms with Gasteiger partial charge in [0.15, 0.2) is 0 Å². The van der Waals surface area contributed by atoms with Crippen molar-refractivity contribution >= 4 is 45.2 Å². The van der Waals surface area contributed by atoms with Crippen molar-refractivity contribution in [3.63, 3.8) is 0 Å². The van der Waals surface area contributed by atoms with Gasteiger partial charge in [-0.25, -0.2) is 0 Å². The Morgan fingerprint density at radius 3 is 2.46 bits per heavy atom. The maximum atomic E-state index is 13.2. The number of rotatable bonds is 5. The van der Waals surface area contributed by atoms with Crippen LogP contribution in [-0.2, 0) is 23.9 Å². The van der Waals surface area contributed by atoms with Crippen molar-refractivity contribution in [2.75, 3.05) is 11.5 Å². The van der Waals surface area contributed by atoms with Crippen LogP contribution in [0.5, 0.6) is 0 Å². The van der Waals surface area contributed by atoms with Gasteiger partial charge in [0.05, 0.1) is 6.04 Å². The molecule has 1 aliphatic rings. The molecule has 0 aromatic carbocycles. The smallest absolute Gasteiger partial charge is 0.268 e. The maximum Gasteiger partial charge on any atom is 0.268 e. The SMILES string of the molecule is C=C1O[C@@H](C)/C=C/CCSSC[C@@H](NC(=O)[C@H](NC(C)=O)C(C)C)C(=O)N/C(=C\C)C(=O)N[C@H]1C(C)C. The highest BCUT2D eigenvalue weighted by Crippen LogP contribution is 2.24. The van der Waals surface area contributed by atoms with Crippen molar-refractivity contribution in [2.45, 2.75) is 79.1 Å². The van der Waals surface area contributed by atoms with Crippen LogP contribution in [0.25, 0.3) is 0 Å². The Labute approximate surface area is 228 Å². The van der Waals surface area contributed by atoms with Gasteiger partial charge in [0.2, 0.25) is 17.7 Å². The molecule has 1 aliphatic heterocycles. The van der Waals surface area contributed by atoms with Crippen molar-refractivity contribution < 1.29 is 23.9 Å². The minimum Gasteiger partial charge on any atom is -0.489 e. The van der Waals surface area contributed by atoms with E-state index in [9.17, 15) is 19.2 Å². The van der Waals surface area contributed by atoms with E-state index in [0.29, 0.717) is 5.76 Å². The number of ether oxygens (including phenoxy) is 1. The van der Waals surface area contributed by atoms with Crippen LogP contribution in [0, 0.1) is 11.8 Å². The zero-order chi connectivity index (χ0) is 28.1. The van der Waals surface area contributed by atoms with Crippen LogP contribution in [0.1, 0.15) is 54.9 Å². The Morgan fingerprint density at radius 1 is 1.22 bits per heavy atom. The first-order valence-corrected chi connectivity index (χ1v) is 15.0. The molecule has 0 radical (unpaired) electrons. The first-order valence-electron chi connectivity index (χ1n) is 12.5. The summed E-state index contributed by atoms with van der Waals surface area (Å²) in [5.41, 5.74) is 0.0554. The quantitative estimate of drug-likeness (QED) is 0.234. The molecule has 0 spiro atoms. The second-order valence-corrected chi connectivity index (χ2v) is 12.1. The van der Waals surface area contributed by atoms with Crippen LogP contribution in [0.15, 0.2) is 36.3 Å². The molecule has 0 bridgehead atoms. The predicted octanol–water partition coefficient (Wildman–Crippen LogP) is 3.05. The molecule has 0 aromatic heterocycles. The first kappa shape index (κ1) is 32.6. The Bertz CT molecular complexity index is 888. The Morgan fingerprint density at radius 2 is 1.89 bits per heavy atom. The summed E-state index contributed by atoms with van der Waals surface area (Å²) < 4.78 is 5.93. The summed E-state index contributed by atoms with van der Waals surface area (Å²) in [5.74, 6) is -0.493. The molecule has 1 heterocycles. The molecule has 0 aliphatic carbocycles. The van der Waals surface area contributed by atoms with Gasteiger partial charge in [-0.05, 0) is 38.2 Å². The molecule has 0 saturated heterocycles. The van der Waals surface area contributed by atoms with Crippen LogP contribution >= 0.6 is 21.6 Å². The maximum absolute atomic E-state index is 13.2. The Balaban J connectivity index is 3.19. The van der Waals surface area contributed by atoms with Gasteiger partial charge >= 0.3 is 0 Å². The largest absolute Gasteiger partial charge is 0.489 e. The molecule has 37 heavy (non-hydrogen) atoms. The fraction of sp³-hybridized carbons (Fsp3) is 0.615. The highest BCUT2D eigenvalue weighted by Gasteiger charge is 2.30. The predicted molar refractivity (Wildman–Crippen MR) is 151 cm³/mol. The van der Waals surface area contributed by atoms with Crippen molar-refractivity contribution in [3.05, 3.63) is 36.3 Å². The fourth-order valence-electron chi connectivity index (χ4n) is 3.45. The summed E-state index contributed by atoms with van der Waals surface area (Å²) in [6.45, 7) is 16.4. The molecule has 11 heteroatoms. The number of carbonyl (C=O) groups excluding carboxylic acids is 4. The molecular weight excluding hydrogens is 512 g/mol. The van der Waals surface area contributed by atoms with E-state index in [1.165, 1.54) is 23.8 Å². The van der Waals surface area contributed by atoms with E-state index in [-0.39, 0.29) is 35.3 Å². The zero-order valence-electron chi connectivity index (χ0n) is 22.9. The van der Waals surface area contributed by atoms with Gasteiger partial charge in [-0.2, -0.15) is 0 Å². The molecule has 0 unspecified atom stereocenters. The van der Waals surface area contributed by atoms with Gasteiger partial charge in [0.1, 0.15) is 29.6 Å². The van der Waals surface area contributed by atoms with E-state index >= 15 is 0 Å². The van der Waals surface area contributed by atoms with Crippen molar-refractivity contribution in [2.24, 2.45) is 11.8 Å². The normalized spacial score (nSPS) is 25.5. The highest BCUT2D eigenvalue weighted by molar-refractivity contribution is 8.76. The van der Waals surface area contributed by atoms with E-state index in [0.717, 1.165) is 12.2 Å². The number of hydrogen-bond donors (Lipinski definition) is 4. The molecule has 4 N–H and O–H groups in total. The lowest BCUT2D eigenvalue weighted by atomic mass is 10.0. The minimum absolute atomic E-state index is 0.00917. The summed E-state index contributed by atoms with van der Waals surface area (Å²) >= 11 is 0. The molecule has 4 atom stereocenters. The van der Waals surface area contributed by atoms with E-state index in [4.69, 9.17) is 4.74 Å². The zero-order valence-corrected chi connectivity index (χ0v) is 24.5. The van der Waals surface area contributed by atoms with Crippen molar-refractivity contribution in [3.8, 4) is 0 Å². The van der Waals surface area contributed by atoms with Crippen molar-refractivity contribution in [1.29, 1.82) is 0 Å². The van der Waals surface area contributed by atoms with Crippen LogP contribution in [0.3, 0.4) is 0 Å². The minimum atomic E-state index is -0.923. The lowest BCUT2D eigenvalue weighted by molar-refractivity contribution is -0.132. The number of carbonyl (C=O) groups is 4. The lowest BCUT2D eigenvalue weighted by Gasteiger charge is -2.27. The highest BCUT2D eigenvalue weighted by atomic mass is 33.1. The van der Waals surface area contributed by atoms with Gasteiger partial charge in [-0.3, -0.25) is 19.2 Å². The van der Waals surface area contributed by atoms with Crippen LogP contribution in [0.4, 0.5) is 0 Å². The number of hydrogen-bond acceptors (Lipinski definition) is 7. The molecule has 0 saturated carbocycles. The number of allylic oxidation sites excluding steroid dienone is 2. The summed E-state index contributed by atoms with van der Waals surface area (Å²) in [5, 5.41) is 11.0. The van der Waals surface area contributed by atoms with Crippen LogP contribution < -0.4 is 21.3 Å².